The molecule has 132 valence electrons. The highest BCUT2D eigenvalue weighted by Gasteiger charge is 2.23. The summed E-state index contributed by atoms with van der Waals surface area (Å²) in [6.07, 6.45) is 1.83. The van der Waals surface area contributed by atoms with Crippen molar-refractivity contribution in [1.82, 2.24) is 10.2 Å². The summed E-state index contributed by atoms with van der Waals surface area (Å²) in [5.41, 5.74) is 0.895. The van der Waals surface area contributed by atoms with Gasteiger partial charge >= 0.3 is 12.0 Å². The minimum Gasteiger partial charge on any atom is -0.496 e. The van der Waals surface area contributed by atoms with Gasteiger partial charge in [-0.1, -0.05) is 18.2 Å². The number of carboxylic acid groups (broad SMARTS) is 1. The molecule has 24 heavy (non-hydrogen) atoms. The van der Waals surface area contributed by atoms with E-state index in [1.807, 2.05) is 24.3 Å². The molecule has 2 amide bonds. The smallest absolute Gasteiger partial charge is 0.317 e. The normalized spacial score (nSPS) is 16.6. The number of nitrogens with zero attached hydrogens (tertiary/aromatic N) is 1. The third-order valence-corrected chi connectivity index (χ3v) is 3.90. The van der Waals surface area contributed by atoms with Gasteiger partial charge in [-0.25, -0.2) is 4.79 Å². The van der Waals surface area contributed by atoms with Gasteiger partial charge in [0.1, 0.15) is 5.75 Å². The Balaban J connectivity index is 2.03. The molecule has 1 saturated heterocycles. The SMILES string of the molecule is COc1ccccc1CN(CC1CCCO1)C(=O)NCCC(=O)O. The van der Waals surface area contributed by atoms with Crippen LogP contribution in [0, 0.1) is 0 Å². The van der Waals surface area contributed by atoms with Gasteiger partial charge in [0, 0.05) is 25.3 Å². The fourth-order valence-corrected chi connectivity index (χ4v) is 2.68. The molecule has 0 spiro atoms. The van der Waals surface area contributed by atoms with Crippen molar-refractivity contribution < 1.29 is 24.2 Å². The van der Waals surface area contributed by atoms with E-state index in [1.165, 1.54) is 0 Å². The third kappa shape index (κ3) is 5.42. The summed E-state index contributed by atoms with van der Waals surface area (Å²) in [7, 11) is 1.59. The van der Waals surface area contributed by atoms with Gasteiger partial charge in [-0.05, 0) is 18.9 Å². The van der Waals surface area contributed by atoms with E-state index in [1.54, 1.807) is 12.0 Å². The van der Waals surface area contributed by atoms with Crippen LogP contribution in [-0.4, -0.2) is 54.9 Å². The van der Waals surface area contributed by atoms with Crippen LogP contribution in [0.2, 0.25) is 0 Å². The van der Waals surface area contributed by atoms with Crippen LogP contribution in [0.25, 0.3) is 0 Å². The number of hydrogen-bond donors (Lipinski definition) is 2. The molecular formula is C17H24N2O5. The standard InChI is InChI=1S/C17H24N2O5/c1-23-15-7-3-2-5-13(15)11-19(12-14-6-4-10-24-14)17(22)18-9-8-16(20)21/h2-3,5,7,14H,4,6,8-12H2,1H3,(H,18,22)(H,20,21). The number of hydrogen-bond acceptors (Lipinski definition) is 4. The van der Waals surface area contributed by atoms with Gasteiger partial charge in [0.2, 0.25) is 0 Å². The first-order valence-electron chi connectivity index (χ1n) is 8.08. The molecule has 0 bridgehead atoms. The number of aliphatic carboxylic acids is 1. The first-order chi connectivity index (χ1) is 11.6. The molecule has 0 aliphatic carbocycles. The molecule has 7 nitrogen and oxygen atoms in total. The lowest BCUT2D eigenvalue weighted by molar-refractivity contribution is -0.136. The molecule has 2 rings (SSSR count). The molecule has 1 aliphatic heterocycles. The van der Waals surface area contributed by atoms with Crippen LogP contribution in [0.3, 0.4) is 0 Å². The molecule has 1 unspecified atom stereocenters. The summed E-state index contributed by atoms with van der Waals surface area (Å²) in [4.78, 5) is 24.7. The quantitative estimate of drug-likeness (QED) is 0.756. The van der Waals surface area contributed by atoms with Crippen LogP contribution in [-0.2, 0) is 16.1 Å². The summed E-state index contributed by atoms with van der Waals surface area (Å²) in [6.45, 7) is 1.66. The average molecular weight is 336 g/mol. The van der Waals surface area contributed by atoms with E-state index in [4.69, 9.17) is 14.6 Å². The molecule has 1 fully saturated rings. The number of urea groups is 1. The highest BCUT2D eigenvalue weighted by atomic mass is 16.5. The molecule has 0 saturated carbocycles. The van der Waals surface area contributed by atoms with E-state index in [0.29, 0.717) is 25.4 Å². The highest BCUT2D eigenvalue weighted by Crippen LogP contribution is 2.21. The first kappa shape index (κ1) is 18.1. The molecule has 0 aromatic heterocycles. The number of carbonyl (C=O) groups is 2. The van der Waals surface area contributed by atoms with Gasteiger partial charge in [0.15, 0.2) is 0 Å². The molecule has 1 heterocycles. The van der Waals surface area contributed by atoms with Crippen molar-refractivity contribution >= 4 is 12.0 Å². The zero-order valence-electron chi connectivity index (χ0n) is 13.9. The molecule has 0 radical (unpaired) electrons. The number of rotatable bonds is 8. The van der Waals surface area contributed by atoms with Crippen LogP contribution >= 0.6 is 0 Å². The number of nitrogens with one attached hydrogen (secondary N) is 1. The summed E-state index contributed by atoms with van der Waals surface area (Å²) < 4.78 is 11.0. The molecule has 1 atom stereocenters. The van der Waals surface area contributed by atoms with Crippen molar-refractivity contribution in [3.05, 3.63) is 29.8 Å². The third-order valence-electron chi connectivity index (χ3n) is 3.90. The van der Waals surface area contributed by atoms with Crippen LogP contribution in [0.15, 0.2) is 24.3 Å². The van der Waals surface area contributed by atoms with E-state index < -0.39 is 5.97 Å². The molecule has 7 heteroatoms. The number of benzene rings is 1. The van der Waals surface area contributed by atoms with Gasteiger partial charge in [-0.3, -0.25) is 4.79 Å². The second kappa shape index (κ2) is 9.12. The fourth-order valence-electron chi connectivity index (χ4n) is 2.68. The lowest BCUT2D eigenvalue weighted by atomic mass is 10.1. The summed E-state index contributed by atoms with van der Waals surface area (Å²) >= 11 is 0. The van der Waals surface area contributed by atoms with Gasteiger partial charge in [0.05, 0.1) is 26.2 Å². The number of methoxy groups -OCH3 is 1. The Morgan fingerprint density at radius 2 is 2.21 bits per heavy atom. The van der Waals surface area contributed by atoms with Crippen molar-refractivity contribution in [2.45, 2.75) is 31.9 Å². The Kier molecular flexibility index (Phi) is 6.87. The predicted octanol–water partition coefficient (Wildman–Crippen LogP) is 1.86. The Bertz CT molecular complexity index is 558. The fraction of sp³-hybridized carbons (Fsp3) is 0.529. The van der Waals surface area contributed by atoms with Gasteiger partial charge in [-0.15, -0.1) is 0 Å². The van der Waals surface area contributed by atoms with Crippen molar-refractivity contribution in [1.29, 1.82) is 0 Å². The summed E-state index contributed by atoms with van der Waals surface area (Å²) in [5, 5.41) is 11.4. The highest BCUT2D eigenvalue weighted by molar-refractivity contribution is 5.75. The van der Waals surface area contributed by atoms with E-state index >= 15 is 0 Å². The largest absolute Gasteiger partial charge is 0.496 e. The first-order valence-corrected chi connectivity index (χ1v) is 8.08. The minimum atomic E-state index is -0.939. The van der Waals surface area contributed by atoms with E-state index in [2.05, 4.69) is 5.32 Å². The zero-order valence-corrected chi connectivity index (χ0v) is 13.9. The van der Waals surface area contributed by atoms with Gasteiger partial charge in [0.25, 0.3) is 0 Å². The van der Waals surface area contributed by atoms with Crippen LogP contribution in [0.4, 0.5) is 4.79 Å². The van der Waals surface area contributed by atoms with Gasteiger partial charge in [-0.2, -0.15) is 0 Å². The molecule has 1 aliphatic rings. The second-order valence-corrected chi connectivity index (χ2v) is 5.70. The Morgan fingerprint density at radius 3 is 2.88 bits per heavy atom. The van der Waals surface area contributed by atoms with Crippen molar-refractivity contribution in [3.63, 3.8) is 0 Å². The van der Waals surface area contributed by atoms with E-state index in [0.717, 1.165) is 18.4 Å². The Morgan fingerprint density at radius 1 is 1.42 bits per heavy atom. The topological polar surface area (TPSA) is 88.1 Å². The number of para-hydroxylation sites is 1. The molecule has 2 N–H and O–H groups in total. The number of carbonyl (C=O) groups excluding carboxylic acids is 1. The maximum atomic E-state index is 12.4. The van der Waals surface area contributed by atoms with E-state index in [9.17, 15) is 9.59 Å². The number of carboxylic acids is 1. The van der Waals surface area contributed by atoms with Crippen molar-refractivity contribution in [3.8, 4) is 5.75 Å². The summed E-state index contributed by atoms with van der Waals surface area (Å²) in [6, 6.07) is 7.23. The minimum absolute atomic E-state index is 0.0185. The van der Waals surface area contributed by atoms with E-state index in [-0.39, 0.29) is 25.1 Å². The lowest BCUT2D eigenvalue weighted by Crippen LogP contribution is -2.43. The average Bonchev–Trinajstić information content (AvgIpc) is 3.07. The molecule has 1 aromatic rings. The predicted molar refractivity (Wildman–Crippen MR) is 88.0 cm³/mol. The Hall–Kier alpha value is -2.28. The molecule has 1 aromatic carbocycles. The van der Waals surface area contributed by atoms with Gasteiger partial charge < -0.3 is 24.8 Å². The van der Waals surface area contributed by atoms with Crippen LogP contribution in [0.5, 0.6) is 5.75 Å². The summed E-state index contributed by atoms with van der Waals surface area (Å²) in [5.74, 6) is -0.223. The molecular weight excluding hydrogens is 312 g/mol. The second-order valence-electron chi connectivity index (χ2n) is 5.70. The van der Waals surface area contributed by atoms with Crippen molar-refractivity contribution in [2.75, 3.05) is 26.8 Å². The maximum absolute atomic E-state index is 12.4. The Labute approximate surface area is 141 Å². The number of ether oxygens (including phenoxy) is 2. The monoisotopic (exact) mass is 336 g/mol. The van der Waals surface area contributed by atoms with Crippen LogP contribution in [0.1, 0.15) is 24.8 Å². The lowest BCUT2D eigenvalue weighted by Gasteiger charge is -2.26. The van der Waals surface area contributed by atoms with Crippen molar-refractivity contribution in [2.24, 2.45) is 0 Å². The van der Waals surface area contributed by atoms with Crippen LogP contribution < -0.4 is 10.1 Å². The zero-order chi connectivity index (χ0) is 17.4. The number of amides is 2. The maximum Gasteiger partial charge on any atom is 0.317 e.